The highest BCUT2D eigenvalue weighted by Gasteiger charge is 2.28. The standard InChI is InChI=1S/C13H24N2O4/c1-7(2)6-10(13(18)19)15-12(17)11(8(3)4)14-9(5)16/h7-8,10-11H,6H2,1-5H3,(H,14,16)(H,15,17)(H,18,19)/t10-,11-/m0/s1/i3+1,4+1,8+1,11+1,12+1,14+1. The zero-order valence-electron chi connectivity index (χ0n) is 12.2. The molecule has 0 aromatic carbocycles. The minimum absolute atomic E-state index is 0.114. The van der Waals surface area contributed by atoms with E-state index in [0.29, 0.717) is 6.42 Å². The molecule has 0 aliphatic rings. The first-order valence-corrected chi connectivity index (χ1v) is 6.45. The van der Waals surface area contributed by atoms with Gasteiger partial charge in [-0.1, -0.05) is 27.7 Å². The lowest BCUT2D eigenvalue weighted by Crippen LogP contribution is -2.53. The first-order chi connectivity index (χ1) is 8.65. The lowest BCUT2D eigenvalue weighted by molar-refractivity contribution is -0.142. The van der Waals surface area contributed by atoms with Crippen LogP contribution in [0.25, 0.3) is 0 Å². The summed E-state index contributed by atoms with van der Waals surface area (Å²) in [6.45, 7) is 8.67. The molecule has 110 valence electrons. The molecule has 2 amide bonds. The molecule has 0 spiro atoms. The Morgan fingerprint density at radius 3 is 1.89 bits per heavy atom. The molecule has 6 heteroatoms. The number of nitrogens with one attached hydrogen (secondary N) is 2. The molecule has 0 aliphatic heterocycles. The quantitative estimate of drug-likeness (QED) is 0.473. The van der Waals surface area contributed by atoms with Crippen molar-refractivity contribution in [1.29, 1.82) is 0 Å². The van der Waals surface area contributed by atoms with Crippen LogP contribution >= 0.6 is 0 Å². The predicted molar refractivity (Wildman–Crippen MR) is 71.5 cm³/mol. The van der Waals surface area contributed by atoms with Crippen molar-refractivity contribution in [3.05, 3.63) is 0 Å². The van der Waals surface area contributed by atoms with Crippen LogP contribution in [0.5, 0.6) is 0 Å². The number of amides is 2. The minimum Gasteiger partial charge on any atom is -0.480 e. The molecule has 19 heavy (non-hydrogen) atoms. The van der Waals surface area contributed by atoms with Gasteiger partial charge in [-0.25, -0.2) is 4.79 Å². The lowest BCUT2D eigenvalue weighted by Gasteiger charge is -2.24. The zero-order valence-corrected chi connectivity index (χ0v) is 12.2. The maximum atomic E-state index is 12.0. The first kappa shape index (κ1) is 17.4. The molecule has 0 aromatic heterocycles. The zero-order chi connectivity index (χ0) is 15.2. The smallest absolute Gasteiger partial charge is 0.326 e. The maximum Gasteiger partial charge on any atom is 0.326 e. The third-order valence-corrected chi connectivity index (χ3v) is 2.63. The van der Waals surface area contributed by atoms with E-state index in [1.54, 1.807) is 13.8 Å². The molecule has 0 bridgehead atoms. The van der Waals surface area contributed by atoms with Crippen LogP contribution in [0.2, 0.25) is 0 Å². The Morgan fingerprint density at radius 1 is 1.05 bits per heavy atom. The van der Waals surface area contributed by atoms with Crippen molar-refractivity contribution in [1.82, 2.24) is 10.6 Å². The van der Waals surface area contributed by atoms with E-state index in [1.165, 1.54) is 6.92 Å². The van der Waals surface area contributed by atoms with Crippen molar-refractivity contribution in [2.24, 2.45) is 11.8 Å². The number of hydrogen-bond donors (Lipinski definition) is 3. The highest BCUT2D eigenvalue weighted by atomic mass is 16.4. The third-order valence-electron chi connectivity index (χ3n) is 2.63. The van der Waals surface area contributed by atoms with E-state index in [9.17, 15) is 14.4 Å². The van der Waals surface area contributed by atoms with Crippen LogP contribution in [0.15, 0.2) is 0 Å². The van der Waals surface area contributed by atoms with Crippen LogP contribution in [0.3, 0.4) is 0 Å². The summed E-state index contributed by atoms with van der Waals surface area (Å²) in [7, 11) is 0. The monoisotopic (exact) mass is 278 g/mol. The van der Waals surface area contributed by atoms with Gasteiger partial charge < -0.3 is 15.7 Å². The SMILES string of the molecule is CC(=O)[15NH][13C@H]([13C](=O)N[C@@H](CC(C)C)C(=O)O)[13CH]([13CH3])[13CH3]. The Kier molecular flexibility index (Phi) is 7.11. The predicted octanol–water partition coefficient (Wildman–Crippen LogP) is 0.763. The minimum atomic E-state index is -1.06. The topological polar surface area (TPSA) is 95.5 Å². The second-order valence-corrected chi connectivity index (χ2v) is 5.45. The van der Waals surface area contributed by atoms with Gasteiger partial charge >= 0.3 is 5.97 Å². The summed E-state index contributed by atoms with van der Waals surface area (Å²) in [6, 6.07) is -1.64. The van der Waals surface area contributed by atoms with E-state index < -0.39 is 24.0 Å². The van der Waals surface area contributed by atoms with Gasteiger partial charge in [-0.15, -0.1) is 0 Å². The molecule has 0 rings (SSSR count). The van der Waals surface area contributed by atoms with Gasteiger partial charge in [-0.05, 0) is 18.3 Å². The molecule has 0 fully saturated rings. The van der Waals surface area contributed by atoms with Gasteiger partial charge in [0, 0.05) is 6.92 Å². The number of carbonyl (C=O) groups excluding carboxylic acids is 2. The van der Waals surface area contributed by atoms with E-state index in [1.807, 2.05) is 13.8 Å². The molecular formula is C13H24N2O4. The lowest BCUT2D eigenvalue weighted by atomic mass is 10.0. The van der Waals surface area contributed by atoms with Crippen LogP contribution in [-0.2, 0) is 14.4 Å². The van der Waals surface area contributed by atoms with Crippen LogP contribution in [0.4, 0.5) is 0 Å². The summed E-state index contributed by atoms with van der Waals surface area (Å²) >= 11 is 0. The van der Waals surface area contributed by atoms with Crippen molar-refractivity contribution < 1.29 is 19.5 Å². The fraction of sp³-hybridized carbons (Fsp3) is 0.769. The van der Waals surface area contributed by atoms with E-state index in [2.05, 4.69) is 10.6 Å². The molecule has 6 nitrogen and oxygen atoms in total. The number of hydrogen-bond acceptors (Lipinski definition) is 3. The van der Waals surface area contributed by atoms with Gasteiger partial charge in [0.15, 0.2) is 0 Å². The van der Waals surface area contributed by atoms with Gasteiger partial charge in [-0.3, -0.25) is 9.59 Å². The average molecular weight is 278 g/mol. The largest absolute Gasteiger partial charge is 0.480 e. The molecule has 0 heterocycles. The second kappa shape index (κ2) is 7.76. The summed E-state index contributed by atoms with van der Waals surface area (Å²) in [5.74, 6) is -1.80. The maximum absolute atomic E-state index is 12.0. The fourth-order valence-corrected chi connectivity index (χ4v) is 1.71. The van der Waals surface area contributed by atoms with Crippen LogP contribution < -0.4 is 10.6 Å². The summed E-state index contributed by atoms with van der Waals surface area (Å²) in [4.78, 5) is 34.2. The number of carbonyl (C=O) groups is 3. The van der Waals surface area contributed by atoms with Gasteiger partial charge in [0.1, 0.15) is 12.1 Å². The third kappa shape index (κ3) is 6.79. The van der Waals surface area contributed by atoms with E-state index >= 15 is 0 Å². The van der Waals surface area contributed by atoms with Crippen molar-refractivity contribution in [2.75, 3.05) is 0 Å². The Balaban J connectivity index is 4.75. The van der Waals surface area contributed by atoms with Gasteiger partial charge in [0.05, 0.1) is 0 Å². The average Bonchev–Trinajstić information content (AvgIpc) is 2.23. The van der Waals surface area contributed by atoms with Gasteiger partial charge in [0.25, 0.3) is 0 Å². The summed E-state index contributed by atoms with van der Waals surface area (Å²) in [5, 5.41) is 14.1. The van der Waals surface area contributed by atoms with Crippen LogP contribution in [-0.4, -0.2) is 35.0 Å². The number of rotatable bonds is 7. The van der Waals surface area contributed by atoms with Gasteiger partial charge in [0.2, 0.25) is 11.8 Å². The molecule has 0 saturated heterocycles. The van der Waals surface area contributed by atoms with E-state index in [0.717, 1.165) is 0 Å². The molecule has 0 saturated carbocycles. The van der Waals surface area contributed by atoms with Crippen LogP contribution in [0.1, 0.15) is 41.0 Å². The van der Waals surface area contributed by atoms with E-state index in [-0.39, 0.29) is 17.7 Å². The highest BCUT2D eigenvalue weighted by molar-refractivity contribution is 5.90. The normalized spacial score (nSPS) is 14.1. The Hall–Kier alpha value is -1.59. The fourth-order valence-electron chi connectivity index (χ4n) is 1.71. The first-order valence-electron chi connectivity index (χ1n) is 6.45. The molecule has 0 unspecified atom stereocenters. The van der Waals surface area contributed by atoms with Crippen molar-refractivity contribution >= 4 is 17.8 Å². The molecule has 0 aromatic rings. The molecule has 3 N–H and O–H groups in total. The van der Waals surface area contributed by atoms with Gasteiger partial charge in [-0.2, -0.15) is 0 Å². The Bertz CT molecular complexity index is 340. The van der Waals surface area contributed by atoms with Crippen molar-refractivity contribution in [3.8, 4) is 0 Å². The number of aliphatic carboxylic acids is 1. The molecule has 2 atom stereocenters. The summed E-state index contributed by atoms with van der Waals surface area (Å²) in [6.07, 6.45) is 0.353. The molecule has 0 aliphatic carbocycles. The highest BCUT2D eigenvalue weighted by Crippen LogP contribution is 2.07. The summed E-state index contributed by atoms with van der Waals surface area (Å²) in [5.41, 5.74) is 0. The van der Waals surface area contributed by atoms with Crippen molar-refractivity contribution in [2.45, 2.75) is 53.1 Å². The van der Waals surface area contributed by atoms with E-state index in [4.69, 9.17) is 5.11 Å². The molecular weight excluding hydrogens is 254 g/mol. The molecule has 0 radical (unpaired) electrons. The second-order valence-electron chi connectivity index (χ2n) is 5.45. The van der Waals surface area contributed by atoms with Crippen molar-refractivity contribution in [3.63, 3.8) is 0 Å². The number of carboxylic acids is 1. The Morgan fingerprint density at radius 2 is 1.58 bits per heavy atom. The van der Waals surface area contributed by atoms with Crippen LogP contribution in [0, 0.1) is 11.8 Å². The Labute approximate surface area is 113 Å². The summed E-state index contributed by atoms with van der Waals surface area (Å²) < 4.78 is 0. The number of carboxylic acid groups (broad SMARTS) is 1.